The van der Waals surface area contributed by atoms with Crippen LogP contribution in [0.25, 0.3) is 0 Å². The minimum absolute atomic E-state index is 0.000740. The monoisotopic (exact) mass is 1370 g/mol. The molecule has 4 fully saturated rings. The zero-order valence-electron chi connectivity index (χ0n) is 48.8. The molecule has 6 aromatic carbocycles. The molecule has 4 atom stereocenters. The predicted molar refractivity (Wildman–Crippen MR) is 355 cm³/mol. The van der Waals surface area contributed by atoms with Gasteiger partial charge in [0.1, 0.15) is 0 Å². The quantitative estimate of drug-likeness (QED) is 0.0790. The maximum atomic E-state index is 13.2. The zero-order chi connectivity index (χ0) is 59.4. The van der Waals surface area contributed by atoms with E-state index in [1.165, 1.54) is 36.8 Å². The highest BCUT2D eigenvalue weighted by Crippen LogP contribution is 2.56. The lowest BCUT2D eigenvalue weighted by molar-refractivity contribution is 0.0765. The molecular weight excluding hydrogens is 1290 g/mol. The third-order valence-corrected chi connectivity index (χ3v) is 17.6. The van der Waals surface area contributed by atoms with Gasteiger partial charge in [-0.2, -0.15) is 0 Å². The van der Waals surface area contributed by atoms with Crippen molar-refractivity contribution in [2.75, 3.05) is 61.5 Å². The molecule has 18 heteroatoms. The second-order valence-electron chi connectivity index (χ2n) is 22.0. The van der Waals surface area contributed by atoms with Gasteiger partial charge in [0, 0.05) is 86.6 Å². The molecule has 0 saturated carbocycles. The van der Waals surface area contributed by atoms with Crippen molar-refractivity contribution in [3.8, 4) is 34.5 Å². The van der Waals surface area contributed by atoms with Crippen molar-refractivity contribution in [2.45, 2.75) is 128 Å². The van der Waals surface area contributed by atoms with E-state index >= 15 is 0 Å². The highest BCUT2D eigenvalue weighted by molar-refractivity contribution is 9.69. The molecule has 0 aromatic heterocycles. The van der Waals surface area contributed by atoms with Gasteiger partial charge >= 0.3 is 3.18 Å². The second kappa shape index (κ2) is 30.1. The maximum absolute atomic E-state index is 13.2. The van der Waals surface area contributed by atoms with Crippen molar-refractivity contribution in [1.29, 1.82) is 0 Å². The van der Waals surface area contributed by atoms with Gasteiger partial charge in [-0.3, -0.25) is 19.4 Å². The molecule has 12 rings (SSSR count). The number of piperidine rings is 2. The van der Waals surface area contributed by atoms with E-state index in [0.29, 0.717) is 90.8 Å². The van der Waals surface area contributed by atoms with Gasteiger partial charge in [-0.25, -0.2) is 0 Å². The van der Waals surface area contributed by atoms with Gasteiger partial charge in [-0.1, -0.05) is 72.8 Å². The molecule has 4 unspecified atom stereocenters. The number of alkyl halides is 2. The number of aromatic hydroxyl groups is 1. The molecule has 6 aliphatic heterocycles. The van der Waals surface area contributed by atoms with Crippen LogP contribution in [0.5, 0.6) is 34.5 Å². The normalized spacial score (nSPS) is 20.5. The summed E-state index contributed by atoms with van der Waals surface area (Å²) in [7, 11) is 1.69. The van der Waals surface area contributed by atoms with Crippen molar-refractivity contribution < 1.29 is 28.9 Å². The van der Waals surface area contributed by atoms with Crippen LogP contribution >= 0.6 is 70.5 Å². The fourth-order valence-corrected chi connectivity index (χ4v) is 13.7. The molecule has 6 aliphatic rings. The predicted octanol–water partition coefficient (Wildman–Crippen LogP) is 16.6. The summed E-state index contributed by atoms with van der Waals surface area (Å²) >= 11 is 18.8. The van der Waals surface area contributed by atoms with Gasteiger partial charge in [0.2, 0.25) is 0 Å². The Bertz CT molecular complexity index is 3120. The Morgan fingerprint density at radius 2 is 0.929 bits per heavy atom. The molecule has 84 heavy (non-hydrogen) atoms. The summed E-state index contributed by atoms with van der Waals surface area (Å²) in [4.78, 5) is 40.3. The van der Waals surface area contributed by atoms with Crippen LogP contribution in [0.2, 0.25) is 0 Å². The van der Waals surface area contributed by atoms with E-state index in [4.69, 9.17) is 37.4 Å². The van der Waals surface area contributed by atoms with Crippen LogP contribution in [0.1, 0.15) is 111 Å². The number of anilines is 4. The standard InChI is InChI=1S/C33H39N3O3.C32H37N3O3.CH2Cl2.BBr3/c1-4-34(5-2)33(37)24-14-17-28-31(20-24)39-32-29(12-9-13-30(32)38-3)36(28)27-21-25-15-16-26(22-27)35(25)19-18-23-10-7-6-8-11-23;1-3-33(4-2)32(37)23-13-16-27-30(19-23)38-31-28(11-8-12-29(31)36)35(27)26-20-24-14-15-25(21-26)34(24)18-17-22-9-6-5-7-10-22;2-1-3;2-1(3)4/h6-14,17,20,25-27H,4-5,15-16,18-19,21-22H2,1-3H3;5-13,16,19,24-26,36H,3-4,14-15,17-18,20-21H2,1-2H3;1H2;. The average molecular weight is 1370 g/mol. The number of phenolic OH excluding ortho intramolecular Hbond substituents is 1. The van der Waals surface area contributed by atoms with Crippen molar-refractivity contribution in [3.05, 3.63) is 156 Å². The van der Waals surface area contributed by atoms with Crippen molar-refractivity contribution >= 4 is 108 Å². The highest BCUT2D eigenvalue weighted by atomic mass is 79.9. The summed E-state index contributed by atoms with van der Waals surface area (Å²) in [5.74, 6) is 3.45. The molecule has 6 aromatic rings. The van der Waals surface area contributed by atoms with Crippen LogP contribution < -0.4 is 24.0 Å². The van der Waals surface area contributed by atoms with Crippen LogP contribution in [-0.4, -0.2) is 128 Å². The first kappa shape index (κ1) is 63.6. The van der Waals surface area contributed by atoms with Crippen LogP contribution in [0.3, 0.4) is 0 Å². The Morgan fingerprint density at radius 3 is 1.32 bits per heavy atom. The third-order valence-electron chi connectivity index (χ3n) is 17.6. The Hall–Kier alpha value is -4.94. The number of ether oxygens (including phenoxy) is 3. The second-order valence-corrected chi connectivity index (χ2v) is 29.3. The van der Waals surface area contributed by atoms with E-state index in [9.17, 15) is 14.7 Å². The first-order valence-corrected chi connectivity index (χ1v) is 33.6. The lowest BCUT2D eigenvalue weighted by atomic mass is 9.93. The number of phenols is 1. The fourth-order valence-electron chi connectivity index (χ4n) is 13.7. The van der Waals surface area contributed by atoms with Crippen LogP contribution in [0, 0.1) is 0 Å². The minimum Gasteiger partial charge on any atom is -0.504 e. The lowest BCUT2D eigenvalue weighted by Crippen LogP contribution is -2.50. The lowest BCUT2D eigenvalue weighted by Gasteiger charge is -2.46. The third kappa shape index (κ3) is 14.5. The molecule has 1 N–H and O–H groups in total. The van der Waals surface area contributed by atoms with E-state index in [1.54, 1.807) is 13.2 Å². The van der Waals surface area contributed by atoms with Crippen molar-refractivity contribution in [1.82, 2.24) is 19.6 Å². The van der Waals surface area contributed by atoms with Gasteiger partial charge in [0.05, 0.1) is 35.2 Å². The number of nitrogens with zero attached hydrogens (tertiary/aromatic N) is 6. The van der Waals surface area contributed by atoms with E-state index in [-0.39, 0.29) is 26.1 Å². The minimum atomic E-state index is 0.000740. The van der Waals surface area contributed by atoms with Crippen molar-refractivity contribution in [2.24, 2.45) is 0 Å². The molecular formula is C66H78BBr3Cl2N6O6. The van der Waals surface area contributed by atoms with E-state index in [0.717, 1.165) is 85.9 Å². The zero-order valence-corrected chi connectivity index (χ0v) is 55.1. The van der Waals surface area contributed by atoms with Crippen LogP contribution in [-0.2, 0) is 12.8 Å². The molecule has 12 nitrogen and oxygen atoms in total. The SMILES string of the molecule is BrB(Br)Br.CCN(CC)C(=O)c1ccc2c(c1)Oc1c(O)cccc1N2C1CC2CCC(C1)N2CCc1ccccc1.CCN(CC)C(=O)c1ccc2c(c1)Oc1c(OC)cccc1N2C1CC2CCC(C1)N2CCc1ccccc1.ClCCl. The molecule has 6 heterocycles. The molecule has 0 radical (unpaired) electrons. The number of hydrogen-bond acceptors (Lipinski definition) is 10. The topological polar surface area (TPSA) is 102 Å². The van der Waals surface area contributed by atoms with Gasteiger partial charge < -0.3 is 38.9 Å². The number of rotatable bonds is 15. The van der Waals surface area contributed by atoms with E-state index in [2.05, 4.69) is 140 Å². The Balaban J connectivity index is 0.000000182. The summed E-state index contributed by atoms with van der Waals surface area (Å²) in [6, 6.07) is 48.0. The van der Waals surface area contributed by atoms with Gasteiger partial charge in [-0.05, 0) is 164 Å². The number of carbonyl (C=O) groups is 2. The number of amides is 2. The fraction of sp³-hybridized carbons (Fsp3) is 0.424. The summed E-state index contributed by atoms with van der Waals surface area (Å²) < 4.78 is 18.8. The van der Waals surface area contributed by atoms with Crippen molar-refractivity contribution in [3.63, 3.8) is 0 Å². The van der Waals surface area contributed by atoms with E-state index < -0.39 is 0 Å². The van der Waals surface area contributed by atoms with Crippen LogP contribution in [0.4, 0.5) is 22.7 Å². The van der Waals surface area contributed by atoms with Gasteiger partial charge in [0.25, 0.3) is 11.8 Å². The summed E-state index contributed by atoms with van der Waals surface area (Å²) in [6.45, 7) is 12.9. The summed E-state index contributed by atoms with van der Waals surface area (Å²) in [5.41, 5.74) is 8.05. The molecule has 0 spiro atoms. The molecule has 2 amide bonds. The molecule has 4 bridgehead atoms. The number of hydrogen-bond donors (Lipinski definition) is 1. The number of benzene rings is 6. The van der Waals surface area contributed by atoms with Gasteiger partial charge in [-0.15, -0.1) is 70.5 Å². The Kier molecular flexibility index (Phi) is 22.8. The average Bonchev–Trinajstić information content (AvgIpc) is 1.83. The first-order chi connectivity index (χ1) is 40.8. The smallest absolute Gasteiger partial charge is 0.369 e. The summed E-state index contributed by atoms with van der Waals surface area (Å²) in [6.07, 6.45) is 11.5. The number of fused-ring (bicyclic) bond motifs is 8. The largest absolute Gasteiger partial charge is 0.504 e. The summed E-state index contributed by atoms with van der Waals surface area (Å²) in [5, 5.41) is 10.9. The maximum Gasteiger partial charge on any atom is 0.369 e. The van der Waals surface area contributed by atoms with Gasteiger partial charge in [0.15, 0.2) is 34.5 Å². The number of carbonyl (C=O) groups excluding carboxylic acids is 2. The first-order valence-electron chi connectivity index (χ1n) is 29.8. The highest BCUT2D eigenvalue weighted by Gasteiger charge is 2.46. The molecule has 4 saturated heterocycles. The Morgan fingerprint density at radius 1 is 0.548 bits per heavy atom. The number of methoxy groups -OCH3 is 1. The van der Waals surface area contributed by atoms with Crippen LogP contribution in [0.15, 0.2) is 133 Å². The number of halogens is 5. The number of para-hydroxylation sites is 2. The van der Waals surface area contributed by atoms with E-state index in [1.807, 2.05) is 92.1 Å². The molecule has 0 aliphatic carbocycles. The Labute approximate surface area is 532 Å². The molecule has 446 valence electrons.